The molecule has 0 aliphatic rings. The van der Waals surface area contributed by atoms with Gasteiger partial charge in [-0.15, -0.1) is 0 Å². The van der Waals surface area contributed by atoms with E-state index in [-0.39, 0.29) is 0 Å². The Kier molecular flexibility index (Phi) is 4.80. The molecule has 2 rings (SSSR count). The summed E-state index contributed by atoms with van der Waals surface area (Å²) < 4.78 is 0. The maximum atomic E-state index is 6.06. The monoisotopic (exact) mass is 259 g/mol. The molecule has 0 saturated carbocycles. The predicted molar refractivity (Wildman–Crippen MR) is 78.9 cm³/mol. The van der Waals surface area contributed by atoms with E-state index in [1.807, 2.05) is 18.2 Å². The average Bonchev–Trinajstić information content (AvgIpc) is 2.40. The molecular formula is C16H18ClN. The highest BCUT2D eigenvalue weighted by atomic mass is 35.5. The van der Waals surface area contributed by atoms with Crippen molar-refractivity contribution in [2.24, 2.45) is 0 Å². The molecule has 0 spiro atoms. The third-order valence-corrected chi connectivity index (χ3v) is 3.13. The van der Waals surface area contributed by atoms with Crippen LogP contribution in [0.2, 0.25) is 5.02 Å². The SMILES string of the molecule is CCCNCc1ccccc1-c1cccc(Cl)c1. The molecule has 0 aliphatic carbocycles. The largest absolute Gasteiger partial charge is 0.313 e. The highest BCUT2D eigenvalue weighted by molar-refractivity contribution is 6.30. The van der Waals surface area contributed by atoms with Crippen LogP contribution in [0.25, 0.3) is 11.1 Å². The Morgan fingerprint density at radius 2 is 1.89 bits per heavy atom. The van der Waals surface area contributed by atoms with E-state index in [9.17, 15) is 0 Å². The van der Waals surface area contributed by atoms with E-state index in [0.29, 0.717) is 0 Å². The van der Waals surface area contributed by atoms with Crippen molar-refractivity contribution in [1.82, 2.24) is 5.32 Å². The lowest BCUT2D eigenvalue weighted by atomic mass is 10.00. The predicted octanol–water partition coefficient (Wildman–Crippen LogP) is 4.51. The topological polar surface area (TPSA) is 12.0 Å². The molecule has 0 radical (unpaired) electrons. The van der Waals surface area contributed by atoms with Crippen LogP contribution in [-0.2, 0) is 6.54 Å². The minimum Gasteiger partial charge on any atom is -0.313 e. The molecule has 0 aromatic heterocycles. The van der Waals surface area contributed by atoms with Crippen molar-refractivity contribution in [2.75, 3.05) is 6.54 Å². The molecule has 1 nitrogen and oxygen atoms in total. The Morgan fingerprint density at radius 3 is 2.67 bits per heavy atom. The molecule has 0 aliphatic heterocycles. The van der Waals surface area contributed by atoms with Crippen molar-refractivity contribution in [3.05, 3.63) is 59.1 Å². The van der Waals surface area contributed by atoms with Gasteiger partial charge in [0.1, 0.15) is 0 Å². The normalized spacial score (nSPS) is 10.6. The zero-order valence-electron chi connectivity index (χ0n) is 10.6. The fourth-order valence-electron chi connectivity index (χ4n) is 2.01. The van der Waals surface area contributed by atoms with Gasteiger partial charge in [-0.2, -0.15) is 0 Å². The van der Waals surface area contributed by atoms with Crippen LogP contribution in [0.5, 0.6) is 0 Å². The lowest BCUT2D eigenvalue weighted by Gasteiger charge is -2.10. The van der Waals surface area contributed by atoms with Crippen molar-refractivity contribution in [3.63, 3.8) is 0 Å². The number of nitrogens with one attached hydrogen (secondary N) is 1. The summed E-state index contributed by atoms with van der Waals surface area (Å²) >= 11 is 6.06. The second-order valence-electron chi connectivity index (χ2n) is 4.34. The van der Waals surface area contributed by atoms with Crippen molar-refractivity contribution >= 4 is 11.6 Å². The second-order valence-corrected chi connectivity index (χ2v) is 4.78. The first-order chi connectivity index (χ1) is 8.81. The van der Waals surface area contributed by atoms with Gasteiger partial charge in [0.15, 0.2) is 0 Å². The van der Waals surface area contributed by atoms with Gasteiger partial charge in [-0.05, 0) is 41.8 Å². The molecule has 0 unspecified atom stereocenters. The number of hydrogen-bond donors (Lipinski definition) is 1. The van der Waals surface area contributed by atoms with E-state index >= 15 is 0 Å². The van der Waals surface area contributed by atoms with E-state index in [1.54, 1.807) is 0 Å². The summed E-state index contributed by atoms with van der Waals surface area (Å²) in [5, 5.41) is 4.22. The molecule has 18 heavy (non-hydrogen) atoms. The van der Waals surface area contributed by atoms with Gasteiger partial charge < -0.3 is 5.32 Å². The summed E-state index contributed by atoms with van der Waals surface area (Å²) in [6.45, 7) is 4.12. The number of hydrogen-bond acceptors (Lipinski definition) is 1. The third kappa shape index (κ3) is 3.34. The van der Waals surface area contributed by atoms with Crippen LogP contribution >= 0.6 is 11.6 Å². The van der Waals surface area contributed by atoms with E-state index in [2.05, 4.69) is 42.6 Å². The Bertz CT molecular complexity index is 508. The molecule has 0 atom stereocenters. The highest BCUT2D eigenvalue weighted by Gasteiger charge is 2.04. The standard InChI is InChI=1S/C16H18ClN/c1-2-10-18-12-14-6-3-4-9-16(14)13-7-5-8-15(17)11-13/h3-9,11,18H,2,10,12H2,1H3. The Hall–Kier alpha value is -1.31. The van der Waals surface area contributed by atoms with Gasteiger partial charge in [-0.3, -0.25) is 0 Å². The molecule has 0 fully saturated rings. The van der Waals surface area contributed by atoms with Crippen molar-refractivity contribution < 1.29 is 0 Å². The zero-order chi connectivity index (χ0) is 12.8. The summed E-state index contributed by atoms with van der Waals surface area (Å²) in [5.74, 6) is 0. The van der Waals surface area contributed by atoms with E-state index in [4.69, 9.17) is 11.6 Å². The molecule has 0 bridgehead atoms. The van der Waals surface area contributed by atoms with Gasteiger partial charge in [0.05, 0.1) is 0 Å². The summed E-state index contributed by atoms with van der Waals surface area (Å²) in [7, 11) is 0. The van der Waals surface area contributed by atoms with Gasteiger partial charge >= 0.3 is 0 Å². The van der Waals surface area contributed by atoms with Gasteiger partial charge in [0, 0.05) is 11.6 Å². The van der Waals surface area contributed by atoms with Crippen LogP contribution in [-0.4, -0.2) is 6.54 Å². The Balaban J connectivity index is 2.27. The molecule has 94 valence electrons. The highest BCUT2D eigenvalue weighted by Crippen LogP contribution is 2.25. The number of rotatable bonds is 5. The van der Waals surface area contributed by atoms with Crippen LogP contribution < -0.4 is 5.32 Å². The van der Waals surface area contributed by atoms with Gasteiger partial charge in [-0.25, -0.2) is 0 Å². The van der Waals surface area contributed by atoms with Crippen LogP contribution in [0.1, 0.15) is 18.9 Å². The Labute approximate surface area is 114 Å². The molecular weight excluding hydrogens is 242 g/mol. The second kappa shape index (κ2) is 6.58. The molecule has 0 heterocycles. The quantitative estimate of drug-likeness (QED) is 0.780. The van der Waals surface area contributed by atoms with Crippen molar-refractivity contribution in [1.29, 1.82) is 0 Å². The lowest BCUT2D eigenvalue weighted by Crippen LogP contribution is -2.14. The summed E-state index contributed by atoms with van der Waals surface area (Å²) in [5.41, 5.74) is 3.74. The molecule has 0 saturated heterocycles. The average molecular weight is 260 g/mol. The van der Waals surface area contributed by atoms with E-state index in [0.717, 1.165) is 24.5 Å². The third-order valence-electron chi connectivity index (χ3n) is 2.90. The Morgan fingerprint density at radius 1 is 1.06 bits per heavy atom. The zero-order valence-corrected chi connectivity index (χ0v) is 11.4. The molecule has 1 N–H and O–H groups in total. The smallest absolute Gasteiger partial charge is 0.0412 e. The first-order valence-electron chi connectivity index (χ1n) is 6.36. The fraction of sp³-hybridized carbons (Fsp3) is 0.250. The van der Waals surface area contributed by atoms with E-state index < -0.39 is 0 Å². The van der Waals surface area contributed by atoms with Crippen LogP contribution in [0.15, 0.2) is 48.5 Å². The van der Waals surface area contributed by atoms with Crippen molar-refractivity contribution in [2.45, 2.75) is 19.9 Å². The first-order valence-corrected chi connectivity index (χ1v) is 6.73. The van der Waals surface area contributed by atoms with Gasteiger partial charge in [0.2, 0.25) is 0 Å². The van der Waals surface area contributed by atoms with E-state index in [1.165, 1.54) is 16.7 Å². The number of benzene rings is 2. The first kappa shape index (κ1) is 13.1. The summed E-state index contributed by atoms with van der Waals surface area (Å²) in [4.78, 5) is 0. The van der Waals surface area contributed by atoms with Crippen LogP contribution in [0, 0.1) is 0 Å². The maximum absolute atomic E-state index is 6.06. The molecule has 2 aromatic rings. The van der Waals surface area contributed by atoms with Gasteiger partial charge in [-0.1, -0.05) is 54.9 Å². The summed E-state index contributed by atoms with van der Waals surface area (Å²) in [6.07, 6.45) is 1.15. The maximum Gasteiger partial charge on any atom is 0.0412 e. The summed E-state index contributed by atoms with van der Waals surface area (Å²) in [6, 6.07) is 16.5. The minimum absolute atomic E-state index is 0.781. The van der Waals surface area contributed by atoms with Crippen LogP contribution in [0.3, 0.4) is 0 Å². The molecule has 2 heteroatoms. The van der Waals surface area contributed by atoms with Crippen LogP contribution in [0.4, 0.5) is 0 Å². The number of halogens is 1. The fourth-order valence-corrected chi connectivity index (χ4v) is 2.20. The minimum atomic E-state index is 0.781. The van der Waals surface area contributed by atoms with Crippen molar-refractivity contribution in [3.8, 4) is 11.1 Å². The lowest BCUT2D eigenvalue weighted by molar-refractivity contribution is 0.676. The van der Waals surface area contributed by atoms with Gasteiger partial charge in [0.25, 0.3) is 0 Å². The molecule has 2 aromatic carbocycles. The molecule has 0 amide bonds.